The van der Waals surface area contributed by atoms with Crippen molar-refractivity contribution in [1.82, 2.24) is 9.88 Å². The lowest BCUT2D eigenvalue weighted by molar-refractivity contribution is 0.0917. The van der Waals surface area contributed by atoms with E-state index >= 15 is 0 Å². The van der Waals surface area contributed by atoms with Crippen LogP contribution in [0.5, 0.6) is 0 Å². The van der Waals surface area contributed by atoms with Crippen LogP contribution in [0, 0.1) is 11.8 Å². The summed E-state index contributed by atoms with van der Waals surface area (Å²) >= 11 is 0. The molecule has 116 valence electrons. The normalized spacial score (nSPS) is 19.0. The van der Waals surface area contributed by atoms with E-state index in [9.17, 15) is 13.2 Å². The van der Waals surface area contributed by atoms with Gasteiger partial charge in [-0.1, -0.05) is 0 Å². The van der Waals surface area contributed by atoms with Crippen molar-refractivity contribution in [2.24, 2.45) is 11.8 Å². The van der Waals surface area contributed by atoms with Gasteiger partial charge in [0.15, 0.2) is 0 Å². The summed E-state index contributed by atoms with van der Waals surface area (Å²) in [4.78, 5) is 12.4. The number of amides is 1. The Morgan fingerprint density at radius 2 is 1.95 bits per heavy atom. The third-order valence-electron chi connectivity index (χ3n) is 4.28. The first-order valence-corrected chi connectivity index (χ1v) is 9.66. The largest absolute Gasteiger partial charge is 0.347 e. The number of hydrogen-bond donors (Lipinski definition) is 1. The van der Waals surface area contributed by atoms with Gasteiger partial charge in [-0.25, -0.2) is 8.42 Å². The molecule has 5 nitrogen and oxygen atoms in total. The SMILES string of the molecule is CCn1cc(S(=O)(=O)Cl)cc1C(=O)NC(C1CC1)C1CC1. The van der Waals surface area contributed by atoms with Crippen molar-refractivity contribution in [2.45, 2.75) is 50.1 Å². The maximum atomic E-state index is 12.5. The van der Waals surface area contributed by atoms with E-state index in [-0.39, 0.29) is 16.8 Å². The van der Waals surface area contributed by atoms with Crippen LogP contribution in [0.2, 0.25) is 0 Å². The summed E-state index contributed by atoms with van der Waals surface area (Å²) in [7, 11) is 1.55. The zero-order valence-corrected chi connectivity index (χ0v) is 13.5. The third-order valence-corrected chi connectivity index (χ3v) is 5.60. The molecule has 7 heteroatoms. The van der Waals surface area contributed by atoms with Crippen LogP contribution in [-0.4, -0.2) is 24.9 Å². The number of carbonyl (C=O) groups is 1. The molecular formula is C14H19ClN2O3S. The highest BCUT2D eigenvalue weighted by molar-refractivity contribution is 8.13. The van der Waals surface area contributed by atoms with Crippen LogP contribution < -0.4 is 5.32 Å². The second-order valence-corrected chi connectivity index (χ2v) is 8.52. The predicted octanol–water partition coefficient (Wildman–Crippen LogP) is 2.35. The zero-order chi connectivity index (χ0) is 15.2. The van der Waals surface area contributed by atoms with Gasteiger partial charge in [0.25, 0.3) is 15.0 Å². The Morgan fingerprint density at radius 1 is 1.38 bits per heavy atom. The summed E-state index contributed by atoms with van der Waals surface area (Å²) in [5, 5.41) is 3.10. The van der Waals surface area contributed by atoms with Gasteiger partial charge >= 0.3 is 0 Å². The Labute approximate surface area is 129 Å². The lowest BCUT2D eigenvalue weighted by Gasteiger charge is -2.18. The molecule has 1 aromatic rings. The number of hydrogen-bond acceptors (Lipinski definition) is 3. The van der Waals surface area contributed by atoms with Crippen LogP contribution in [0.25, 0.3) is 0 Å². The molecular weight excluding hydrogens is 312 g/mol. The van der Waals surface area contributed by atoms with E-state index in [1.54, 1.807) is 4.57 Å². The molecule has 1 heterocycles. The molecule has 0 atom stereocenters. The van der Waals surface area contributed by atoms with Gasteiger partial charge in [0, 0.05) is 29.5 Å². The first-order chi connectivity index (χ1) is 9.90. The topological polar surface area (TPSA) is 68.2 Å². The number of aromatic nitrogens is 1. The molecule has 2 aliphatic carbocycles. The van der Waals surface area contributed by atoms with Gasteiger partial charge in [0.05, 0.1) is 0 Å². The van der Waals surface area contributed by atoms with Crippen molar-refractivity contribution in [3.63, 3.8) is 0 Å². The summed E-state index contributed by atoms with van der Waals surface area (Å²) in [6, 6.07) is 1.60. The quantitative estimate of drug-likeness (QED) is 0.814. The minimum Gasteiger partial charge on any atom is -0.347 e. The van der Waals surface area contributed by atoms with Gasteiger partial charge in [-0.3, -0.25) is 4.79 Å². The molecule has 0 saturated heterocycles. The molecule has 3 rings (SSSR count). The molecule has 0 spiro atoms. The fourth-order valence-electron chi connectivity index (χ4n) is 2.83. The summed E-state index contributed by atoms with van der Waals surface area (Å²) < 4.78 is 24.5. The summed E-state index contributed by atoms with van der Waals surface area (Å²) in [6.07, 6.45) is 6.13. The molecule has 0 aromatic carbocycles. The van der Waals surface area contributed by atoms with Crippen molar-refractivity contribution in [3.8, 4) is 0 Å². The van der Waals surface area contributed by atoms with E-state index in [0.29, 0.717) is 24.1 Å². The Balaban J connectivity index is 1.81. The fourth-order valence-corrected chi connectivity index (χ4v) is 3.58. The van der Waals surface area contributed by atoms with Crippen molar-refractivity contribution in [1.29, 1.82) is 0 Å². The second-order valence-electron chi connectivity index (χ2n) is 5.96. The standard InChI is InChI=1S/C14H19ClN2O3S/c1-2-17-8-11(21(15,19)20)7-12(17)14(18)16-13(9-3-4-9)10-5-6-10/h7-10,13H,2-6H2,1H3,(H,16,18). The average Bonchev–Trinajstić information content (AvgIpc) is 3.31. The van der Waals surface area contributed by atoms with Gasteiger partial charge < -0.3 is 9.88 Å². The smallest absolute Gasteiger partial charge is 0.268 e. The molecule has 2 fully saturated rings. The first-order valence-electron chi connectivity index (χ1n) is 7.36. The van der Waals surface area contributed by atoms with E-state index in [2.05, 4.69) is 5.32 Å². The minimum absolute atomic E-state index is 0.0226. The van der Waals surface area contributed by atoms with Gasteiger partial charge in [-0.05, 0) is 50.5 Å². The lowest BCUT2D eigenvalue weighted by Crippen LogP contribution is -2.38. The molecule has 2 saturated carbocycles. The highest BCUT2D eigenvalue weighted by atomic mass is 35.7. The van der Waals surface area contributed by atoms with Crippen LogP contribution in [0.1, 0.15) is 43.1 Å². The van der Waals surface area contributed by atoms with Crippen LogP contribution in [-0.2, 0) is 15.6 Å². The van der Waals surface area contributed by atoms with Crippen molar-refractivity contribution >= 4 is 25.6 Å². The van der Waals surface area contributed by atoms with Crippen LogP contribution in [0.3, 0.4) is 0 Å². The maximum Gasteiger partial charge on any atom is 0.268 e. The molecule has 0 bridgehead atoms. The molecule has 2 aliphatic rings. The third kappa shape index (κ3) is 3.26. The van der Waals surface area contributed by atoms with E-state index < -0.39 is 9.05 Å². The van der Waals surface area contributed by atoms with Crippen molar-refractivity contribution < 1.29 is 13.2 Å². The van der Waals surface area contributed by atoms with E-state index in [4.69, 9.17) is 10.7 Å². The Kier molecular flexibility index (Phi) is 3.78. The van der Waals surface area contributed by atoms with E-state index in [1.165, 1.54) is 37.9 Å². The monoisotopic (exact) mass is 330 g/mol. The highest BCUT2D eigenvalue weighted by Crippen LogP contribution is 2.44. The zero-order valence-electron chi connectivity index (χ0n) is 11.9. The predicted molar refractivity (Wildman–Crippen MR) is 79.8 cm³/mol. The maximum absolute atomic E-state index is 12.5. The number of rotatable bonds is 6. The molecule has 0 radical (unpaired) electrons. The molecule has 1 aromatic heterocycles. The number of halogens is 1. The number of carbonyl (C=O) groups excluding carboxylic acids is 1. The average molecular weight is 331 g/mol. The Bertz CT molecular complexity index is 648. The fraction of sp³-hybridized carbons (Fsp3) is 0.643. The van der Waals surface area contributed by atoms with E-state index in [1.807, 2.05) is 6.92 Å². The lowest BCUT2D eigenvalue weighted by atomic mass is 10.1. The van der Waals surface area contributed by atoms with Gasteiger partial charge in [-0.15, -0.1) is 0 Å². The Morgan fingerprint density at radius 3 is 2.38 bits per heavy atom. The molecule has 1 amide bonds. The number of nitrogens with one attached hydrogen (secondary N) is 1. The summed E-state index contributed by atoms with van der Waals surface area (Å²) in [6.45, 7) is 2.38. The number of nitrogens with zero attached hydrogens (tertiary/aromatic N) is 1. The molecule has 0 aliphatic heterocycles. The highest BCUT2D eigenvalue weighted by Gasteiger charge is 2.42. The minimum atomic E-state index is -3.81. The van der Waals surface area contributed by atoms with Gasteiger partial charge in [0.2, 0.25) is 0 Å². The summed E-state index contributed by atoms with van der Waals surface area (Å²) in [5.74, 6) is 0.998. The second kappa shape index (κ2) is 5.32. The van der Waals surface area contributed by atoms with Gasteiger partial charge in [-0.2, -0.15) is 0 Å². The molecule has 21 heavy (non-hydrogen) atoms. The van der Waals surface area contributed by atoms with Crippen LogP contribution in [0.15, 0.2) is 17.2 Å². The van der Waals surface area contributed by atoms with E-state index in [0.717, 1.165) is 0 Å². The van der Waals surface area contributed by atoms with Crippen molar-refractivity contribution in [2.75, 3.05) is 0 Å². The van der Waals surface area contributed by atoms with Crippen molar-refractivity contribution in [3.05, 3.63) is 18.0 Å². The Hall–Kier alpha value is -1.01. The molecule has 0 unspecified atom stereocenters. The van der Waals surface area contributed by atoms with Crippen LogP contribution >= 0.6 is 10.7 Å². The van der Waals surface area contributed by atoms with Gasteiger partial charge in [0.1, 0.15) is 10.6 Å². The first kappa shape index (κ1) is 14.9. The van der Waals surface area contributed by atoms with Crippen LogP contribution in [0.4, 0.5) is 0 Å². The summed E-state index contributed by atoms with van der Waals surface area (Å²) in [5.41, 5.74) is 0.364. The number of aryl methyl sites for hydroxylation is 1. The molecule has 1 N–H and O–H groups in total.